The fourth-order valence-corrected chi connectivity index (χ4v) is 3.54. The Hall–Kier alpha value is -2.87. The van der Waals surface area contributed by atoms with Crippen LogP contribution in [-0.4, -0.2) is 49.9 Å². The van der Waals surface area contributed by atoms with Crippen molar-refractivity contribution in [1.29, 1.82) is 0 Å². The normalized spacial score (nSPS) is 18.1. The highest BCUT2D eigenvalue weighted by atomic mass is 16.5. The molecule has 2 heterocycles. The monoisotopic (exact) mass is 415 g/mol. The fraction of sp³-hybridized carbons (Fsp3) is 0.500. The van der Waals surface area contributed by atoms with Crippen LogP contribution in [0.5, 0.6) is 5.75 Å². The van der Waals surface area contributed by atoms with Crippen LogP contribution in [0.1, 0.15) is 43.7 Å². The van der Waals surface area contributed by atoms with Gasteiger partial charge in [0.2, 0.25) is 5.91 Å². The van der Waals surface area contributed by atoms with Gasteiger partial charge in [-0.05, 0) is 56.0 Å². The lowest BCUT2D eigenvalue weighted by molar-refractivity contribution is -0.128. The van der Waals surface area contributed by atoms with E-state index in [9.17, 15) is 14.4 Å². The summed E-state index contributed by atoms with van der Waals surface area (Å²) in [6, 6.07) is 5.59. The van der Waals surface area contributed by atoms with Gasteiger partial charge in [0.25, 0.3) is 5.91 Å². The molecule has 2 atom stereocenters. The second-order valence-corrected chi connectivity index (χ2v) is 8.02. The Kier molecular flexibility index (Phi) is 7.10. The van der Waals surface area contributed by atoms with Crippen molar-refractivity contribution < 1.29 is 23.5 Å². The number of Topliss-reactive ketones (excluding diaryl/α,β-unsaturated/α-hetero) is 1. The predicted molar refractivity (Wildman–Crippen MR) is 113 cm³/mol. The molecule has 2 aromatic rings. The average Bonchev–Trinajstić information content (AvgIpc) is 3.04. The molecule has 0 spiro atoms. The molecule has 0 bridgehead atoms. The molecule has 3 rings (SSSR count). The second kappa shape index (κ2) is 9.75. The molecule has 8 heteroatoms. The van der Waals surface area contributed by atoms with Crippen molar-refractivity contribution >= 4 is 28.6 Å². The van der Waals surface area contributed by atoms with Gasteiger partial charge in [0.05, 0.1) is 19.7 Å². The van der Waals surface area contributed by atoms with Gasteiger partial charge in [0.1, 0.15) is 17.4 Å². The summed E-state index contributed by atoms with van der Waals surface area (Å²) >= 11 is 0. The quantitative estimate of drug-likeness (QED) is 0.638. The molecule has 2 amide bonds. The number of nitrogens with one attached hydrogen (secondary N) is 3. The first-order valence-corrected chi connectivity index (χ1v) is 10.3. The SMILES string of the molecule is COc1ccc2oc(C(=O)N[C@@H](CC(C)C)C(=O)NC3CCCNCC3=O)cc2c1. The van der Waals surface area contributed by atoms with E-state index in [0.29, 0.717) is 24.2 Å². The van der Waals surface area contributed by atoms with E-state index in [1.165, 1.54) is 0 Å². The first-order chi connectivity index (χ1) is 14.4. The molecule has 0 saturated carbocycles. The van der Waals surface area contributed by atoms with E-state index < -0.39 is 18.0 Å². The molecule has 3 N–H and O–H groups in total. The number of hydrogen-bond donors (Lipinski definition) is 3. The molecule has 0 aliphatic carbocycles. The Morgan fingerprint density at radius 1 is 1.30 bits per heavy atom. The molecular weight excluding hydrogens is 386 g/mol. The fourth-order valence-electron chi connectivity index (χ4n) is 3.54. The molecule has 1 fully saturated rings. The molecule has 1 aliphatic heterocycles. The summed E-state index contributed by atoms with van der Waals surface area (Å²) in [5, 5.41) is 9.37. The van der Waals surface area contributed by atoms with Crippen LogP contribution in [-0.2, 0) is 9.59 Å². The third-order valence-corrected chi connectivity index (χ3v) is 5.13. The third kappa shape index (κ3) is 5.38. The van der Waals surface area contributed by atoms with E-state index in [1.807, 2.05) is 13.8 Å². The number of rotatable bonds is 7. The van der Waals surface area contributed by atoms with Gasteiger partial charge in [-0.3, -0.25) is 14.4 Å². The number of hydrogen-bond acceptors (Lipinski definition) is 6. The van der Waals surface area contributed by atoms with E-state index in [1.54, 1.807) is 31.4 Å². The van der Waals surface area contributed by atoms with Crippen molar-refractivity contribution in [2.24, 2.45) is 5.92 Å². The van der Waals surface area contributed by atoms with Crippen LogP contribution >= 0.6 is 0 Å². The molecule has 1 saturated heterocycles. The van der Waals surface area contributed by atoms with Crippen LogP contribution in [0.25, 0.3) is 11.0 Å². The Morgan fingerprint density at radius 3 is 2.83 bits per heavy atom. The highest BCUT2D eigenvalue weighted by Crippen LogP contribution is 2.24. The van der Waals surface area contributed by atoms with Gasteiger partial charge in [-0.15, -0.1) is 0 Å². The predicted octanol–water partition coefficient (Wildman–Crippen LogP) is 2.02. The zero-order valence-corrected chi connectivity index (χ0v) is 17.6. The Morgan fingerprint density at radius 2 is 2.10 bits per heavy atom. The van der Waals surface area contributed by atoms with Crippen LogP contribution < -0.4 is 20.7 Å². The highest BCUT2D eigenvalue weighted by Gasteiger charge is 2.28. The van der Waals surface area contributed by atoms with E-state index in [0.717, 1.165) is 18.4 Å². The Bertz CT molecular complexity index is 921. The van der Waals surface area contributed by atoms with Gasteiger partial charge in [-0.2, -0.15) is 0 Å². The van der Waals surface area contributed by atoms with Crippen LogP contribution in [0.2, 0.25) is 0 Å². The first-order valence-electron chi connectivity index (χ1n) is 10.3. The summed E-state index contributed by atoms with van der Waals surface area (Å²) in [4.78, 5) is 37.9. The summed E-state index contributed by atoms with van der Waals surface area (Å²) in [5.41, 5.74) is 0.558. The third-order valence-electron chi connectivity index (χ3n) is 5.13. The summed E-state index contributed by atoms with van der Waals surface area (Å²) in [5.74, 6) is 0.0912. The largest absolute Gasteiger partial charge is 0.497 e. The number of furan rings is 1. The first kappa shape index (κ1) is 21.8. The molecular formula is C22H29N3O5. The van der Waals surface area contributed by atoms with Crippen LogP contribution in [0, 0.1) is 5.92 Å². The van der Waals surface area contributed by atoms with Crippen molar-refractivity contribution in [2.75, 3.05) is 20.2 Å². The van der Waals surface area contributed by atoms with Gasteiger partial charge in [0.15, 0.2) is 11.5 Å². The molecule has 30 heavy (non-hydrogen) atoms. The van der Waals surface area contributed by atoms with Gasteiger partial charge in [0, 0.05) is 5.39 Å². The summed E-state index contributed by atoms with van der Waals surface area (Å²) in [6.45, 7) is 4.94. The molecule has 162 valence electrons. The van der Waals surface area contributed by atoms with Crippen molar-refractivity contribution in [2.45, 2.75) is 45.2 Å². The van der Waals surface area contributed by atoms with Gasteiger partial charge < -0.3 is 25.1 Å². The van der Waals surface area contributed by atoms with Gasteiger partial charge in [-0.25, -0.2) is 0 Å². The maximum absolute atomic E-state index is 12.9. The summed E-state index contributed by atoms with van der Waals surface area (Å²) in [6.07, 6.45) is 1.84. The van der Waals surface area contributed by atoms with Crippen LogP contribution in [0.15, 0.2) is 28.7 Å². The Labute approximate surface area is 175 Å². The number of carbonyl (C=O) groups excluding carboxylic acids is 3. The average molecular weight is 415 g/mol. The lowest BCUT2D eigenvalue weighted by Crippen LogP contribution is -2.52. The molecule has 1 aromatic carbocycles. The lowest BCUT2D eigenvalue weighted by Gasteiger charge is -2.22. The lowest BCUT2D eigenvalue weighted by atomic mass is 10.0. The minimum absolute atomic E-state index is 0.0401. The van der Waals surface area contributed by atoms with E-state index in [2.05, 4.69) is 16.0 Å². The topological polar surface area (TPSA) is 110 Å². The highest BCUT2D eigenvalue weighted by molar-refractivity contribution is 5.99. The van der Waals surface area contributed by atoms with Gasteiger partial charge >= 0.3 is 0 Å². The minimum atomic E-state index is -0.760. The van der Waals surface area contributed by atoms with E-state index in [4.69, 9.17) is 9.15 Å². The summed E-state index contributed by atoms with van der Waals surface area (Å²) in [7, 11) is 1.57. The minimum Gasteiger partial charge on any atom is -0.497 e. The molecule has 0 radical (unpaired) electrons. The standard InChI is InChI=1S/C22H29N3O5/c1-13(2)9-17(21(27)24-16-5-4-8-23-12-18(16)26)25-22(28)20-11-14-10-15(29-3)6-7-19(14)30-20/h6-7,10-11,13,16-17,23H,4-5,8-9,12H2,1-3H3,(H,24,27)(H,25,28)/t16?,17-/m0/s1. The number of ketones is 1. The van der Waals surface area contributed by atoms with Crippen molar-refractivity contribution in [3.8, 4) is 5.75 Å². The number of fused-ring (bicyclic) bond motifs is 1. The second-order valence-electron chi connectivity index (χ2n) is 8.02. The number of benzene rings is 1. The maximum Gasteiger partial charge on any atom is 0.287 e. The van der Waals surface area contributed by atoms with Crippen molar-refractivity contribution in [3.05, 3.63) is 30.0 Å². The zero-order chi connectivity index (χ0) is 21.7. The molecule has 8 nitrogen and oxygen atoms in total. The van der Waals surface area contributed by atoms with Crippen LogP contribution in [0.3, 0.4) is 0 Å². The zero-order valence-electron chi connectivity index (χ0n) is 17.6. The van der Waals surface area contributed by atoms with Crippen molar-refractivity contribution in [3.63, 3.8) is 0 Å². The molecule has 1 aromatic heterocycles. The number of carbonyl (C=O) groups is 3. The van der Waals surface area contributed by atoms with E-state index in [-0.39, 0.29) is 29.9 Å². The summed E-state index contributed by atoms with van der Waals surface area (Å²) < 4.78 is 10.8. The number of amides is 2. The Balaban J connectivity index is 1.72. The maximum atomic E-state index is 12.9. The number of ether oxygens (including phenoxy) is 1. The number of methoxy groups -OCH3 is 1. The van der Waals surface area contributed by atoms with Gasteiger partial charge in [-0.1, -0.05) is 13.8 Å². The van der Waals surface area contributed by atoms with E-state index >= 15 is 0 Å². The molecule has 1 unspecified atom stereocenters. The van der Waals surface area contributed by atoms with Crippen molar-refractivity contribution in [1.82, 2.24) is 16.0 Å². The smallest absolute Gasteiger partial charge is 0.287 e. The molecule has 1 aliphatic rings. The van der Waals surface area contributed by atoms with Crippen LogP contribution in [0.4, 0.5) is 0 Å².